The minimum atomic E-state index is -1.30. The molecular weight excluding hydrogens is 268 g/mol. The molecule has 20 heavy (non-hydrogen) atoms. The van der Waals surface area contributed by atoms with Gasteiger partial charge < -0.3 is 30.7 Å². The van der Waals surface area contributed by atoms with Crippen molar-refractivity contribution in [2.75, 3.05) is 25.6 Å². The van der Waals surface area contributed by atoms with Crippen LogP contribution in [-0.2, 0) is 4.74 Å². The Balaban J connectivity index is 2.19. The first-order valence-corrected chi connectivity index (χ1v) is 6.18. The van der Waals surface area contributed by atoms with Gasteiger partial charge >= 0.3 is 5.69 Å². The fourth-order valence-corrected chi connectivity index (χ4v) is 1.99. The number of rotatable bonds is 5. The molecule has 0 radical (unpaired) electrons. The van der Waals surface area contributed by atoms with E-state index in [9.17, 15) is 15.0 Å². The quantitative estimate of drug-likeness (QED) is 0.374. The van der Waals surface area contributed by atoms with Crippen LogP contribution >= 0.6 is 0 Å². The fourth-order valence-electron chi connectivity index (χ4n) is 1.99. The zero-order valence-corrected chi connectivity index (χ0v) is 10.9. The Bertz CT molecular complexity index is 508. The van der Waals surface area contributed by atoms with Crippen LogP contribution in [0.15, 0.2) is 17.1 Å². The van der Waals surface area contributed by atoms with E-state index in [4.69, 9.17) is 9.84 Å². The Morgan fingerprint density at radius 2 is 2.20 bits per heavy atom. The molecule has 2 rings (SSSR count). The molecule has 9 nitrogen and oxygen atoms in total. The highest BCUT2D eigenvalue weighted by Crippen LogP contribution is 2.27. The molecule has 0 bridgehead atoms. The van der Waals surface area contributed by atoms with Gasteiger partial charge in [0, 0.05) is 6.20 Å². The summed E-state index contributed by atoms with van der Waals surface area (Å²) in [6.07, 6.45) is -3.14. The predicted molar refractivity (Wildman–Crippen MR) is 69.1 cm³/mol. The maximum Gasteiger partial charge on any atom is 0.351 e. The van der Waals surface area contributed by atoms with Crippen molar-refractivity contribution in [3.63, 3.8) is 0 Å². The molecule has 1 aromatic rings. The van der Waals surface area contributed by atoms with Crippen LogP contribution in [0.25, 0.3) is 0 Å². The lowest BCUT2D eigenvalue weighted by molar-refractivity contribution is -0.0549. The molecule has 0 aromatic carbocycles. The molecule has 1 saturated heterocycles. The van der Waals surface area contributed by atoms with Crippen molar-refractivity contribution in [2.24, 2.45) is 0 Å². The van der Waals surface area contributed by atoms with E-state index in [1.807, 2.05) is 0 Å². The van der Waals surface area contributed by atoms with Gasteiger partial charge in [0.05, 0.1) is 13.3 Å². The SMILES string of the molecule is CNCNc1ccn([C@@H]2O[C@H](CO)[C@@H](O)[C@H]2O)c(=O)n1. The molecule has 0 saturated carbocycles. The van der Waals surface area contributed by atoms with E-state index in [-0.39, 0.29) is 0 Å². The number of nitrogens with one attached hydrogen (secondary N) is 2. The third-order valence-electron chi connectivity index (χ3n) is 3.07. The summed E-state index contributed by atoms with van der Waals surface area (Å²) in [4.78, 5) is 15.7. The number of aromatic nitrogens is 2. The predicted octanol–water partition coefficient (Wildman–Crippen LogP) is -2.56. The van der Waals surface area contributed by atoms with Crippen LogP contribution in [0.5, 0.6) is 0 Å². The van der Waals surface area contributed by atoms with Crippen LogP contribution in [0.3, 0.4) is 0 Å². The molecule has 4 atom stereocenters. The smallest absolute Gasteiger partial charge is 0.351 e. The second-order valence-corrected chi connectivity index (χ2v) is 4.44. The van der Waals surface area contributed by atoms with E-state index in [0.29, 0.717) is 12.5 Å². The molecular formula is C11H18N4O5. The Morgan fingerprint density at radius 3 is 2.75 bits per heavy atom. The lowest BCUT2D eigenvalue weighted by Crippen LogP contribution is -2.36. The van der Waals surface area contributed by atoms with Crippen LogP contribution < -0.4 is 16.3 Å². The van der Waals surface area contributed by atoms with E-state index in [1.54, 1.807) is 13.1 Å². The maximum absolute atomic E-state index is 11.9. The van der Waals surface area contributed by atoms with Crippen LogP contribution in [0, 0.1) is 0 Å². The number of anilines is 1. The van der Waals surface area contributed by atoms with Crippen molar-refractivity contribution in [2.45, 2.75) is 24.5 Å². The van der Waals surface area contributed by atoms with Crippen molar-refractivity contribution in [3.8, 4) is 0 Å². The summed E-state index contributed by atoms with van der Waals surface area (Å²) < 4.78 is 6.34. The molecule has 5 N–H and O–H groups in total. The summed E-state index contributed by atoms with van der Waals surface area (Å²) in [6.45, 7) is 0.00300. The monoisotopic (exact) mass is 286 g/mol. The summed E-state index contributed by atoms with van der Waals surface area (Å²) in [5.41, 5.74) is -0.624. The second-order valence-electron chi connectivity index (χ2n) is 4.44. The van der Waals surface area contributed by atoms with Crippen molar-refractivity contribution in [1.29, 1.82) is 0 Å². The first-order valence-electron chi connectivity index (χ1n) is 6.18. The molecule has 2 heterocycles. The highest BCUT2D eigenvalue weighted by molar-refractivity contribution is 5.31. The lowest BCUT2D eigenvalue weighted by Gasteiger charge is -2.17. The van der Waals surface area contributed by atoms with Gasteiger partial charge in [-0.15, -0.1) is 0 Å². The molecule has 9 heteroatoms. The maximum atomic E-state index is 11.9. The molecule has 0 unspecified atom stereocenters. The number of aliphatic hydroxyl groups excluding tert-OH is 3. The van der Waals surface area contributed by atoms with E-state index >= 15 is 0 Å². The summed E-state index contributed by atoms with van der Waals surface area (Å²) in [6, 6.07) is 1.55. The summed E-state index contributed by atoms with van der Waals surface area (Å²) in [5.74, 6) is 0.382. The van der Waals surface area contributed by atoms with Crippen LogP contribution in [0.1, 0.15) is 6.23 Å². The molecule has 0 aliphatic carbocycles. The Hall–Kier alpha value is -1.52. The Labute approximate surface area is 114 Å². The topological polar surface area (TPSA) is 129 Å². The average molecular weight is 286 g/mol. The fraction of sp³-hybridized carbons (Fsp3) is 0.636. The van der Waals surface area contributed by atoms with Crippen molar-refractivity contribution in [1.82, 2.24) is 14.9 Å². The van der Waals surface area contributed by atoms with Gasteiger partial charge in [0.25, 0.3) is 0 Å². The largest absolute Gasteiger partial charge is 0.394 e. The molecule has 1 aliphatic rings. The number of nitrogens with zero attached hydrogens (tertiary/aromatic N) is 2. The molecule has 112 valence electrons. The molecule has 1 aliphatic heterocycles. The van der Waals surface area contributed by atoms with Gasteiger partial charge in [0.15, 0.2) is 6.23 Å². The highest BCUT2D eigenvalue weighted by atomic mass is 16.6. The minimum absolute atomic E-state index is 0.382. The molecule has 0 amide bonds. The average Bonchev–Trinajstić information content (AvgIpc) is 2.73. The highest BCUT2D eigenvalue weighted by Gasteiger charge is 2.43. The summed E-state index contributed by atoms with van der Waals surface area (Å²) >= 11 is 0. The Kier molecular flexibility index (Phi) is 4.68. The number of aliphatic hydroxyl groups is 3. The van der Waals surface area contributed by atoms with E-state index in [2.05, 4.69) is 15.6 Å². The van der Waals surface area contributed by atoms with Gasteiger partial charge in [-0.3, -0.25) is 4.57 Å². The lowest BCUT2D eigenvalue weighted by atomic mass is 10.1. The van der Waals surface area contributed by atoms with E-state index in [0.717, 1.165) is 4.57 Å². The number of hydrogen-bond donors (Lipinski definition) is 5. The van der Waals surface area contributed by atoms with Crippen molar-refractivity contribution >= 4 is 5.82 Å². The van der Waals surface area contributed by atoms with Gasteiger partial charge in [0.1, 0.15) is 24.1 Å². The normalized spacial score (nSPS) is 29.6. The zero-order valence-electron chi connectivity index (χ0n) is 10.9. The third-order valence-corrected chi connectivity index (χ3v) is 3.07. The van der Waals surface area contributed by atoms with Crippen LogP contribution in [0.2, 0.25) is 0 Å². The van der Waals surface area contributed by atoms with Crippen LogP contribution in [-0.4, -0.2) is 63.5 Å². The first-order chi connectivity index (χ1) is 9.58. The van der Waals surface area contributed by atoms with E-state index in [1.165, 1.54) is 6.20 Å². The standard InChI is InChI=1S/C11H18N4O5/c1-12-5-13-7-2-3-15(11(19)14-7)10-9(18)8(17)6(4-16)20-10/h2-3,6,8-10,12,16-18H,4-5H2,1H3,(H,13,14,19)/t6-,8-,9-,10-/m1/s1. The summed E-state index contributed by atoms with van der Waals surface area (Å²) in [5, 5.41) is 34.2. The second kappa shape index (κ2) is 6.29. The van der Waals surface area contributed by atoms with E-state index < -0.39 is 36.8 Å². The van der Waals surface area contributed by atoms with Gasteiger partial charge in [-0.1, -0.05) is 0 Å². The third kappa shape index (κ3) is 2.81. The molecule has 1 fully saturated rings. The summed E-state index contributed by atoms with van der Waals surface area (Å²) in [7, 11) is 1.74. The number of ether oxygens (including phenoxy) is 1. The van der Waals surface area contributed by atoms with Crippen molar-refractivity contribution < 1.29 is 20.1 Å². The van der Waals surface area contributed by atoms with Gasteiger partial charge in [-0.25, -0.2) is 4.79 Å². The molecule has 0 spiro atoms. The van der Waals surface area contributed by atoms with Gasteiger partial charge in [-0.05, 0) is 13.1 Å². The first kappa shape index (κ1) is 14.9. The zero-order chi connectivity index (χ0) is 14.7. The Morgan fingerprint density at radius 1 is 1.45 bits per heavy atom. The number of hydrogen-bond acceptors (Lipinski definition) is 8. The van der Waals surface area contributed by atoms with Gasteiger partial charge in [0.2, 0.25) is 0 Å². The van der Waals surface area contributed by atoms with Crippen molar-refractivity contribution in [3.05, 3.63) is 22.7 Å². The minimum Gasteiger partial charge on any atom is -0.394 e. The molecule has 1 aromatic heterocycles. The van der Waals surface area contributed by atoms with Gasteiger partial charge in [-0.2, -0.15) is 4.98 Å². The van der Waals surface area contributed by atoms with Crippen LogP contribution in [0.4, 0.5) is 5.82 Å².